The Labute approximate surface area is 406 Å². The molecule has 0 saturated carbocycles. The Balaban J connectivity index is 0.000000174. The number of likely N-dealkylation sites (N-methyl/N-ethyl adjacent to an activating group) is 2. The van der Waals surface area contributed by atoms with Gasteiger partial charge in [0.2, 0.25) is 11.9 Å². The van der Waals surface area contributed by atoms with E-state index in [1.807, 2.05) is 34.1 Å². The van der Waals surface area contributed by atoms with Crippen LogP contribution in [0.25, 0.3) is 22.5 Å². The fourth-order valence-corrected chi connectivity index (χ4v) is 8.76. The van der Waals surface area contributed by atoms with E-state index in [4.69, 9.17) is 0 Å². The number of piperazine rings is 2. The van der Waals surface area contributed by atoms with E-state index in [-0.39, 0.29) is 13.1 Å². The third kappa shape index (κ3) is 12.3. The molecule has 2 atom stereocenters. The van der Waals surface area contributed by atoms with Gasteiger partial charge in [0.15, 0.2) is 0 Å². The van der Waals surface area contributed by atoms with Gasteiger partial charge in [0.25, 0.3) is 0 Å². The Hall–Kier alpha value is -7.36. The van der Waals surface area contributed by atoms with E-state index in [1.54, 1.807) is 61.4 Å². The van der Waals surface area contributed by atoms with Crippen LogP contribution in [0, 0.1) is 22.7 Å². The highest BCUT2D eigenvalue weighted by Crippen LogP contribution is 2.29. The minimum atomic E-state index is -0.881. The van der Waals surface area contributed by atoms with Gasteiger partial charge in [-0.15, -0.1) is 0 Å². The first-order valence-corrected chi connectivity index (χ1v) is 23.7. The number of hydrogen-bond donors (Lipinski definition) is 2. The van der Waals surface area contributed by atoms with Crippen molar-refractivity contribution in [2.45, 2.75) is 38.3 Å². The molecule has 10 heterocycles. The zero-order chi connectivity index (χ0) is 48.4. The molecule has 70 heavy (non-hydrogen) atoms. The van der Waals surface area contributed by atoms with Gasteiger partial charge in [-0.2, -0.15) is 10.5 Å². The Bertz CT molecular complexity index is 2600. The summed E-state index contributed by atoms with van der Waals surface area (Å²) in [7, 11) is 4.30. The normalized spacial score (nSPS) is 19.0. The summed E-state index contributed by atoms with van der Waals surface area (Å²) in [4.78, 5) is 49.1. The van der Waals surface area contributed by atoms with Crippen LogP contribution in [0.5, 0.6) is 0 Å². The van der Waals surface area contributed by atoms with Crippen LogP contribution in [0.1, 0.15) is 35.4 Å². The fraction of sp³-hybridized carbons (Fsp3) is 0.400. The Kier molecular flexibility index (Phi) is 15.2. The summed E-state index contributed by atoms with van der Waals surface area (Å²) in [5, 5.41) is 25.7. The highest BCUT2D eigenvalue weighted by atomic mass is 19.1. The molecule has 0 unspecified atom stereocenters. The molecule has 2 N–H and O–H groups in total. The third-order valence-electron chi connectivity index (χ3n) is 12.9. The molecule has 0 radical (unpaired) electrons. The molecule has 0 spiro atoms. The van der Waals surface area contributed by atoms with Gasteiger partial charge in [-0.25, -0.2) is 38.7 Å². The Morgan fingerprint density at radius 1 is 0.543 bits per heavy atom. The van der Waals surface area contributed by atoms with Gasteiger partial charge < -0.3 is 30.2 Å². The molecule has 360 valence electrons. The zero-order valence-electron chi connectivity index (χ0n) is 39.5. The van der Waals surface area contributed by atoms with Crippen LogP contribution in [0.3, 0.4) is 0 Å². The van der Waals surface area contributed by atoms with Gasteiger partial charge in [0.05, 0.1) is 70.8 Å². The minimum Gasteiger partial charge on any atom is -0.352 e. The second-order valence-corrected chi connectivity index (χ2v) is 18.1. The monoisotopic (exact) mass is 946 g/mol. The van der Waals surface area contributed by atoms with E-state index in [2.05, 4.69) is 96.3 Å². The summed E-state index contributed by atoms with van der Waals surface area (Å²) in [6.45, 7) is 11.9. The quantitative estimate of drug-likeness (QED) is 0.152. The summed E-state index contributed by atoms with van der Waals surface area (Å²) in [6.07, 6.45) is 9.40. The molecule has 10 rings (SSSR count). The predicted octanol–water partition coefficient (Wildman–Crippen LogP) is 5.69. The van der Waals surface area contributed by atoms with E-state index in [1.165, 1.54) is 0 Å². The van der Waals surface area contributed by atoms with Crippen molar-refractivity contribution in [1.29, 1.82) is 10.5 Å². The topological polar surface area (TPSA) is 194 Å². The Morgan fingerprint density at radius 3 is 1.33 bits per heavy atom. The lowest BCUT2D eigenvalue weighted by Crippen LogP contribution is -2.43. The average molecular weight is 947 g/mol. The van der Waals surface area contributed by atoms with E-state index in [0.29, 0.717) is 83.1 Å². The van der Waals surface area contributed by atoms with Crippen LogP contribution in [-0.2, 0) is 13.1 Å². The van der Waals surface area contributed by atoms with Crippen molar-refractivity contribution in [3.05, 3.63) is 108 Å². The van der Waals surface area contributed by atoms with Crippen molar-refractivity contribution >= 4 is 34.9 Å². The first kappa shape index (κ1) is 47.7. The van der Waals surface area contributed by atoms with Crippen LogP contribution in [0.15, 0.2) is 85.7 Å². The molecule has 0 aliphatic carbocycles. The number of hydrogen-bond acceptors (Lipinski definition) is 18. The molecule has 4 saturated heterocycles. The molecular weight excluding hydrogens is 891 g/mol. The number of halogens is 2. The van der Waals surface area contributed by atoms with Crippen molar-refractivity contribution in [2.75, 3.05) is 113 Å². The number of alkyl halides is 2. The molecule has 0 aromatic carbocycles. The molecule has 6 aromatic heterocycles. The fourth-order valence-electron chi connectivity index (χ4n) is 8.76. The van der Waals surface area contributed by atoms with Crippen LogP contribution in [0.2, 0.25) is 0 Å². The smallest absolute Gasteiger partial charge is 0.227 e. The molecule has 4 aliphatic heterocycles. The van der Waals surface area contributed by atoms with Crippen molar-refractivity contribution in [1.82, 2.24) is 59.5 Å². The maximum atomic E-state index is 13.6. The number of anilines is 6. The molecule has 0 amide bonds. The second-order valence-electron chi connectivity index (χ2n) is 18.1. The molecule has 6 aromatic rings. The highest BCUT2D eigenvalue weighted by Gasteiger charge is 2.27. The van der Waals surface area contributed by atoms with Gasteiger partial charge in [0, 0.05) is 114 Å². The summed E-state index contributed by atoms with van der Waals surface area (Å²) in [5.41, 5.74) is 7.15. The number of nitriles is 2. The minimum absolute atomic E-state index is 0.269. The number of nitrogens with one attached hydrogen (secondary N) is 2. The zero-order valence-corrected chi connectivity index (χ0v) is 39.5. The van der Waals surface area contributed by atoms with Crippen LogP contribution >= 0.6 is 0 Å². The van der Waals surface area contributed by atoms with E-state index < -0.39 is 12.3 Å². The van der Waals surface area contributed by atoms with Gasteiger partial charge in [-0.3, -0.25) is 19.8 Å². The molecular formula is C50H56F2N18. The average Bonchev–Trinajstić information content (AvgIpc) is 4.04. The number of pyridine rings is 4. The van der Waals surface area contributed by atoms with Crippen molar-refractivity contribution in [3.63, 3.8) is 0 Å². The van der Waals surface area contributed by atoms with E-state index in [9.17, 15) is 19.3 Å². The Morgan fingerprint density at radius 2 is 0.971 bits per heavy atom. The van der Waals surface area contributed by atoms with Gasteiger partial charge >= 0.3 is 0 Å². The van der Waals surface area contributed by atoms with Gasteiger partial charge in [-0.1, -0.05) is 0 Å². The summed E-state index contributed by atoms with van der Waals surface area (Å²) < 4.78 is 27.2. The summed E-state index contributed by atoms with van der Waals surface area (Å²) in [6, 6.07) is 19.4. The number of rotatable bonds is 12. The van der Waals surface area contributed by atoms with E-state index >= 15 is 0 Å². The van der Waals surface area contributed by atoms with Gasteiger partial charge in [0.1, 0.15) is 36.1 Å². The maximum absolute atomic E-state index is 13.6. The first-order chi connectivity index (χ1) is 34.1. The standard InChI is InChI=1S/2C25H28FN9/c2*1-33-8-10-34(11-9-33)17-22-3-2-21(15-29-22)31-25-28-6-4-23(32-25)19-12-18(13-27)24(30-14-19)35-7-5-20(26)16-35/h2*2-4,6,12,14-15,20H,5,7-11,16-17H2,1H3,(H,28,31,32)/t2*20-/m10/s1. The van der Waals surface area contributed by atoms with Crippen LogP contribution < -0.4 is 20.4 Å². The molecule has 20 heteroatoms. The SMILES string of the molecule is CN1CCN(Cc2ccc(Nc3nccc(-c4cnc(N5CC[C@@H](F)C5)c(C#N)c4)n3)cn2)CC1.CN1CCN(Cc2ccc(Nc3nccc(-c4cnc(N5CC[C@H](F)C5)c(C#N)c4)n3)cn2)CC1. The molecule has 18 nitrogen and oxygen atoms in total. The molecule has 4 aliphatic rings. The van der Waals surface area contributed by atoms with Crippen molar-refractivity contribution in [2.24, 2.45) is 0 Å². The van der Waals surface area contributed by atoms with Crippen LogP contribution in [-0.4, -0.2) is 164 Å². The van der Waals surface area contributed by atoms with Crippen molar-refractivity contribution < 1.29 is 8.78 Å². The molecule has 0 bridgehead atoms. The lowest BCUT2D eigenvalue weighted by atomic mass is 10.1. The number of nitrogens with zero attached hydrogens (tertiary/aromatic N) is 16. The van der Waals surface area contributed by atoms with E-state index in [0.717, 1.165) is 88.2 Å². The first-order valence-electron chi connectivity index (χ1n) is 23.7. The lowest BCUT2D eigenvalue weighted by molar-refractivity contribution is 0.147. The lowest BCUT2D eigenvalue weighted by Gasteiger charge is -2.32. The molecule has 4 fully saturated rings. The highest BCUT2D eigenvalue weighted by molar-refractivity contribution is 5.68. The summed E-state index contributed by atoms with van der Waals surface area (Å²) in [5.74, 6) is 1.90. The third-order valence-corrected chi connectivity index (χ3v) is 12.9. The van der Waals surface area contributed by atoms with Gasteiger partial charge in [-0.05, 0) is 75.5 Å². The summed E-state index contributed by atoms with van der Waals surface area (Å²) >= 11 is 0. The van der Waals surface area contributed by atoms with Crippen molar-refractivity contribution in [3.8, 4) is 34.7 Å². The van der Waals surface area contributed by atoms with Crippen LogP contribution in [0.4, 0.5) is 43.7 Å². The predicted molar refractivity (Wildman–Crippen MR) is 264 cm³/mol. The maximum Gasteiger partial charge on any atom is 0.227 e. The second kappa shape index (κ2) is 22.4. The largest absolute Gasteiger partial charge is 0.352 e. The number of aromatic nitrogens is 8.